The minimum atomic E-state index is -3.81. The van der Waals surface area contributed by atoms with Gasteiger partial charge < -0.3 is 40.0 Å². The number of ether oxygens (including phenoxy) is 3. The van der Waals surface area contributed by atoms with Gasteiger partial charge >= 0.3 is 0 Å². The molecule has 0 amide bonds. The Morgan fingerprint density at radius 3 is 2.36 bits per heavy atom. The maximum atomic E-state index is 13.4. The van der Waals surface area contributed by atoms with E-state index in [4.69, 9.17) is 19.3 Å². The van der Waals surface area contributed by atoms with Crippen LogP contribution in [0.25, 0.3) is 0 Å². The fourth-order valence-corrected chi connectivity index (χ4v) is 6.12. The van der Waals surface area contributed by atoms with E-state index in [9.17, 15) is 18.8 Å². The van der Waals surface area contributed by atoms with Crippen LogP contribution in [0.3, 0.4) is 0 Å². The van der Waals surface area contributed by atoms with Crippen LogP contribution in [0.4, 0.5) is 28.7 Å². The van der Waals surface area contributed by atoms with Gasteiger partial charge in [-0.1, -0.05) is 25.1 Å². The molecule has 0 aliphatic rings. The van der Waals surface area contributed by atoms with Crippen molar-refractivity contribution in [2.75, 3.05) is 83.2 Å². The third-order valence-corrected chi connectivity index (χ3v) is 8.74. The number of nitriles is 1. The van der Waals surface area contributed by atoms with Gasteiger partial charge in [-0.3, -0.25) is 0 Å². The van der Waals surface area contributed by atoms with Gasteiger partial charge in [0.25, 0.3) is 0 Å². The van der Waals surface area contributed by atoms with Crippen LogP contribution in [-0.2, 0) is 14.6 Å². The van der Waals surface area contributed by atoms with Crippen molar-refractivity contribution in [1.82, 2.24) is 9.88 Å². The lowest BCUT2D eigenvalue weighted by molar-refractivity contribution is 0.0992. The van der Waals surface area contributed by atoms with Crippen LogP contribution in [-0.4, -0.2) is 101 Å². The SMILES string of the molecule is CCCN(CCO)CCS(=O)(=O)c1cc(OC)c(/N=N/c2c(Nc3ccccc3)nc(NCCOCCO)c(C#N)c2C)cc1OC. The largest absolute Gasteiger partial charge is 0.495 e. The number of hydrogen-bond donors (Lipinski definition) is 4. The van der Waals surface area contributed by atoms with Crippen molar-refractivity contribution >= 4 is 38.5 Å². The van der Waals surface area contributed by atoms with Gasteiger partial charge in [-0.2, -0.15) is 5.26 Å². The summed E-state index contributed by atoms with van der Waals surface area (Å²) in [4.78, 5) is 6.50. The first-order chi connectivity index (χ1) is 22.7. The van der Waals surface area contributed by atoms with Gasteiger partial charge in [0.2, 0.25) is 0 Å². The van der Waals surface area contributed by atoms with Gasteiger partial charge in [-0.15, -0.1) is 10.2 Å². The summed E-state index contributed by atoms with van der Waals surface area (Å²) in [6, 6.07) is 14.3. The predicted octanol–water partition coefficient (Wildman–Crippen LogP) is 4.34. The van der Waals surface area contributed by atoms with Crippen molar-refractivity contribution in [2.45, 2.75) is 25.2 Å². The molecule has 254 valence electrons. The molecule has 0 spiro atoms. The fourth-order valence-electron chi connectivity index (χ4n) is 4.67. The van der Waals surface area contributed by atoms with Crippen molar-refractivity contribution in [3.63, 3.8) is 0 Å². The monoisotopic (exact) mass is 669 g/mol. The number of para-hydroxylation sites is 1. The quantitative estimate of drug-likeness (QED) is 0.0985. The number of pyridine rings is 1. The van der Waals surface area contributed by atoms with E-state index < -0.39 is 9.84 Å². The molecule has 4 N–H and O–H groups in total. The van der Waals surface area contributed by atoms with Gasteiger partial charge in [-0.05, 0) is 32.0 Å². The highest BCUT2D eigenvalue weighted by molar-refractivity contribution is 7.91. The van der Waals surface area contributed by atoms with Gasteiger partial charge in [-0.25, -0.2) is 13.4 Å². The van der Waals surface area contributed by atoms with E-state index >= 15 is 0 Å². The Morgan fingerprint density at radius 2 is 1.72 bits per heavy atom. The molecule has 2 aromatic carbocycles. The highest BCUT2D eigenvalue weighted by atomic mass is 32.2. The van der Waals surface area contributed by atoms with Gasteiger partial charge in [0, 0.05) is 43.0 Å². The number of anilines is 3. The van der Waals surface area contributed by atoms with Gasteiger partial charge in [0.1, 0.15) is 39.7 Å². The number of aliphatic hydroxyl groups is 2. The highest BCUT2D eigenvalue weighted by Gasteiger charge is 2.24. The molecule has 3 rings (SSSR count). The average Bonchev–Trinajstić information content (AvgIpc) is 3.07. The molecule has 0 saturated heterocycles. The molecule has 0 aliphatic heterocycles. The van der Waals surface area contributed by atoms with E-state index in [1.165, 1.54) is 26.4 Å². The number of benzene rings is 2. The molecular weight excluding hydrogens is 626 g/mol. The van der Waals surface area contributed by atoms with Crippen LogP contribution < -0.4 is 20.1 Å². The molecule has 0 saturated carbocycles. The fraction of sp³-hybridized carbons (Fsp3) is 0.438. The highest BCUT2D eigenvalue weighted by Crippen LogP contribution is 2.41. The first-order valence-electron chi connectivity index (χ1n) is 15.2. The molecule has 0 bridgehead atoms. The van der Waals surface area contributed by atoms with Crippen molar-refractivity contribution in [2.24, 2.45) is 10.2 Å². The number of methoxy groups -OCH3 is 2. The molecule has 0 atom stereocenters. The van der Waals surface area contributed by atoms with Crippen LogP contribution in [0.15, 0.2) is 57.6 Å². The molecule has 0 unspecified atom stereocenters. The second-order valence-corrected chi connectivity index (χ2v) is 12.4. The number of rotatable bonds is 20. The molecular formula is C32H43N7O7S. The van der Waals surface area contributed by atoms with Crippen LogP contribution in [0.1, 0.15) is 24.5 Å². The number of nitrogens with one attached hydrogen (secondary N) is 2. The summed E-state index contributed by atoms with van der Waals surface area (Å²) in [7, 11) is -1.05. The summed E-state index contributed by atoms with van der Waals surface area (Å²) in [5, 5.41) is 43.6. The summed E-state index contributed by atoms with van der Waals surface area (Å²) in [5.74, 6) is 0.679. The smallest absolute Gasteiger partial charge is 0.183 e. The normalized spacial score (nSPS) is 11.5. The maximum absolute atomic E-state index is 13.4. The number of azo groups is 1. The third kappa shape index (κ3) is 10.3. The number of aromatic nitrogens is 1. The summed E-state index contributed by atoms with van der Waals surface area (Å²) in [6.45, 7) is 5.68. The van der Waals surface area contributed by atoms with Gasteiger partial charge in [0.15, 0.2) is 15.7 Å². The molecule has 14 nitrogen and oxygen atoms in total. The number of sulfone groups is 1. The number of hydrogen-bond acceptors (Lipinski definition) is 14. The topological polar surface area (TPSA) is 191 Å². The molecule has 47 heavy (non-hydrogen) atoms. The van der Waals surface area contributed by atoms with Crippen LogP contribution in [0, 0.1) is 18.3 Å². The summed E-state index contributed by atoms with van der Waals surface area (Å²) in [6.07, 6.45) is 0.823. The van der Waals surface area contributed by atoms with Crippen molar-refractivity contribution in [1.29, 1.82) is 5.26 Å². The Hall–Kier alpha value is -4.33. The molecule has 0 fully saturated rings. The molecule has 0 radical (unpaired) electrons. The maximum Gasteiger partial charge on any atom is 0.183 e. The van der Waals surface area contributed by atoms with E-state index in [1.54, 1.807) is 6.92 Å². The van der Waals surface area contributed by atoms with E-state index in [1.807, 2.05) is 42.2 Å². The average molecular weight is 670 g/mol. The summed E-state index contributed by atoms with van der Waals surface area (Å²) < 4.78 is 43.2. The van der Waals surface area contributed by atoms with E-state index in [0.717, 1.165) is 12.1 Å². The lowest BCUT2D eigenvalue weighted by atomic mass is 10.1. The lowest BCUT2D eigenvalue weighted by Gasteiger charge is -2.21. The lowest BCUT2D eigenvalue weighted by Crippen LogP contribution is -2.32. The zero-order valence-electron chi connectivity index (χ0n) is 27.2. The summed E-state index contributed by atoms with van der Waals surface area (Å²) in [5.41, 5.74) is 1.95. The van der Waals surface area contributed by atoms with Gasteiger partial charge in [0.05, 0.1) is 52.0 Å². The van der Waals surface area contributed by atoms with Crippen molar-refractivity contribution in [3.8, 4) is 17.6 Å². The standard InChI is InChI=1S/C32H43N7O7S/c1-5-12-39(13-15-40)14-19-47(42,43)29-21-27(44-3)26(20-28(29)45-4)37-38-30-23(2)25(22-33)31(34-11-17-46-18-16-41)36-32(30)35-24-9-7-6-8-10-24/h6-10,20-21,40-41H,5,11-19H2,1-4H3,(H2,34,35,36)/b38-37+. The van der Waals surface area contributed by atoms with Crippen molar-refractivity contribution in [3.05, 3.63) is 53.6 Å². The minimum absolute atomic E-state index is 0.0503. The third-order valence-electron chi connectivity index (χ3n) is 7.03. The van der Waals surface area contributed by atoms with Crippen LogP contribution in [0.5, 0.6) is 11.5 Å². The van der Waals surface area contributed by atoms with E-state index in [0.29, 0.717) is 43.4 Å². The molecule has 0 aliphatic carbocycles. The molecule has 3 aromatic rings. The Kier molecular flexibility index (Phi) is 14.8. The first kappa shape index (κ1) is 37.1. The predicted molar refractivity (Wildman–Crippen MR) is 179 cm³/mol. The second kappa shape index (κ2) is 18.7. The minimum Gasteiger partial charge on any atom is -0.495 e. The van der Waals surface area contributed by atoms with Crippen molar-refractivity contribution < 1.29 is 32.8 Å². The zero-order valence-corrected chi connectivity index (χ0v) is 28.0. The number of aliphatic hydroxyl groups excluding tert-OH is 2. The Balaban J connectivity index is 2.03. The second-order valence-electron chi connectivity index (χ2n) is 10.3. The molecule has 1 heterocycles. The van der Waals surface area contributed by atoms with Crippen LogP contribution in [0.2, 0.25) is 0 Å². The Morgan fingerprint density at radius 1 is 0.979 bits per heavy atom. The Bertz CT molecular complexity index is 1630. The first-order valence-corrected chi connectivity index (χ1v) is 16.8. The zero-order chi connectivity index (χ0) is 34.2. The molecule has 1 aromatic heterocycles. The number of nitrogens with zero attached hydrogens (tertiary/aromatic N) is 5. The molecule has 15 heteroatoms. The Labute approximate surface area is 275 Å². The van der Waals surface area contributed by atoms with E-state index in [2.05, 4.69) is 31.9 Å². The van der Waals surface area contributed by atoms with Crippen LogP contribution >= 0.6 is 0 Å². The summed E-state index contributed by atoms with van der Waals surface area (Å²) >= 11 is 0. The van der Waals surface area contributed by atoms with E-state index in [-0.39, 0.29) is 65.5 Å².